The predicted molar refractivity (Wildman–Crippen MR) is 231 cm³/mol. The van der Waals surface area contributed by atoms with E-state index in [0.29, 0.717) is 17.5 Å². The molecule has 2 heterocycles. The van der Waals surface area contributed by atoms with Gasteiger partial charge in [0.2, 0.25) is 0 Å². The lowest BCUT2D eigenvalue weighted by Crippen LogP contribution is -2.00. The number of hydrogen-bond donors (Lipinski definition) is 0. The second kappa shape index (κ2) is 14.1. The smallest absolute Gasteiger partial charge is 0.164 e. The minimum absolute atomic E-state index is 0.649. The van der Waals surface area contributed by atoms with Crippen molar-refractivity contribution in [3.63, 3.8) is 0 Å². The van der Waals surface area contributed by atoms with Gasteiger partial charge in [-0.25, -0.2) is 15.0 Å². The molecule has 0 N–H and O–H groups in total. The molecule has 55 heavy (non-hydrogen) atoms. The van der Waals surface area contributed by atoms with Crippen LogP contribution in [-0.2, 0) is 0 Å². The molecule has 0 unspecified atom stereocenters. The summed E-state index contributed by atoms with van der Waals surface area (Å²) in [6.45, 7) is 0. The van der Waals surface area contributed by atoms with Crippen molar-refractivity contribution >= 4 is 31.5 Å². The van der Waals surface area contributed by atoms with E-state index < -0.39 is 0 Å². The highest BCUT2D eigenvalue weighted by molar-refractivity contribution is 7.26. The third-order valence-electron chi connectivity index (χ3n) is 10.2. The van der Waals surface area contributed by atoms with Gasteiger partial charge in [-0.1, -0.05) is 188 Å². The normalized spacial score (nSPS) is 11.3. The molecule has 3 nitrogen and oxygen atoms in total. The minimum Gasteiger partial charge on any atom is -0.208 e. The van der Waals surface area contributed by atoms with Gasteiger partial charge in [0.15, 0.2) is 17.5 Å². The maximum atomic E-state index is 4.95. The number of aromatic nitrogens is 3. The van der Waals surface area contributed by atoms with Gasteiger partial charge in [0.05, 0.1) is 0 Å². The molecule has 8 aromatic carbocycles. The van der Waals surface area contributed by atoms with E-state index in [-0.39, 0.29) is 0 Å². The van der Waals surface area contributed by atoms with Crippen LogP contribution in [0.2, 0.25) is 0 Å². The van der Waals surface area contributed by atoms with Crippen LogP contribution >= 0.6 is 11.3 Å². The minimum atomic E-state index is 0.649. The summed E-state index contributed by atoms with van der Waals surface area (Å²) in [6, 6.07) is 70.6. The van der Waals surface area contributed by atoms with Crippen molar-refractivity contribution in [2.45, 2.75) is 0 Å². The van der Waals surface area contributed by atoms with Crippen LogP contribution in [0.4, 0.5) is 0 Å². The monoisotopic (exact) mass is 719 g/mol. The summed E-state index contributed by atoms with van der Waals surface area (Å²) >= 11 is 1.88. The van der Waals surface area contributed by atoms with Gasteiger partial charge in [-0.05, 0) is 51.1 Å². The number of benzene rings is 8. The fourth-order valence-corrected chi connectivity index (χ4v) is 8.70. The second-order valence-electron chi connectivity index (χ2n) is 13.6. The molecule has 0 spiro atoms. The maximum Gasteiger partial charge on any atom is 0.164 e. The van der Waals surface area contributed by atoms with Crippen molar-refractivity contribution in [3.05, 3.63) is 200 Å². The first kappa shape index (κ1) is 32.6. The van der Waals surface area contributed by atoms with Crippen molar-refractivity contribution in [1.29, 1.82) is 0 Å². The van der Waals surface area contributed by atoms with Crippen molar-refractivity contribution in [2.75, 3.05) is 0 Å². The molecule has 0 saturated heterocycles. The van der Waals surface area contributed by atoms with Crippen LogP contribution < -0.4 is 0 Å². The van der Waals surface area contributed by atoms with E-state index in [4.69, 9.17) is 15.0 Å². The van der Waals surface area contributed by atoms with Crippen LogP contribution in [0.5, 0.6) is 0 Å². The highest BCUT2D eigenvalue weighted by Gasteiger charge is 2.17. The molecular weight excluding hydrogens is 687 g/mol. The Kier molecular flexibility index (Phi) is 8.36. The van der Waals surface area contributed by atoms with Crippen LogP contribution in [-0.4, -0.2) is 15.0 Å². The Labute approximate surface area is 323 Å². The molecule has 4 heteroatoms. The van der Waals surface area contributed by atoms with E-state index in [0.717, 1.165) is 22.3 Å². The first-order valence-corrected chi connectivity index (χ1v) is 19.3. The van der Waals surface area contributed by atoms with Crippen molar-refractivity contribution < 1.29 is 0 Å². The molecule has 2 aromatic heterocycles. The first-order chi connectivity index (χ1) is 27.2. The molecule has 0 aliphatic heterocycles. The molecule has 258 valence electrons. The van der Waals surface area contributed by atoms with Crippen LogP contribution in [0.1, 0.15) is 0 Å². The molecule has 0 atom stereocenters. The van der Waals surface area contributed by atoms with E-state index >= 15 is 0 Å². The highest BCUT2D eigenvalue weighted by Crippen LogP contribution is 2.46. The first-order valence-electron chi connectivity index (χ1n) is 18.4. The van der Waals surface area contributed by atoms with Gasteiger partial charge in [-0.2, -0.15) is 0 Å². The predicted octanol–water partition coefficient (Wildman–Crippen LogP) is 13.9. The van der Waals surface area contributed by atoms with Gasteiger partial charge in [0.25, 0.3) is 0 Å². The molecule has 0 aliphatic rings. The van der Waals surface area contributed by atoms with Gasteiger partial charge >= 0.3 is 0 Å². The Morgan fingerprint density at radius 2 is 0.636 bits per heavy atom. The van der Waals surface area contributed by atoms with Gasteiger partial charge in [0.1, 0.15) is 0 Å². The van der Waals surface area contributed by atoms with Crippen LogP contribution in [0.3, 0.4) is 0 Å². The standard InChI is InChI=1S/C51H33N3S/c1-5-14-34(15-6-1)36-24-26-38(27-25-36)45-32-42(35-16-7-2-8-17-35)33-46-44-23-13-22-43(47(44)55-48(45)46)37-28-30-41(31-29-37)51-53-49(39-18-9-3-10-19-39)52-50(54-51)40-20-11-4-12-21-40/h1-33H. The fraction of sp³-hybridized carbons (Fsp3) is 0. The van der Waals surface area contributed by atoms with Gasteiger partial charge in [-0.3, -0.25) is 0 Å². The van der Waals surface area contributed by atoms with Crippen molar-refractivity contribution in [2.24, 2.45) is 0 Å². The number of rotatable bonds is 7. The summed E-state index contributed by atoms with van der Waals surface area (Å²) in [6.07, 6.45) is 0. The van der Waals surface area contributed by atoms with Crippen LogP contribution in [0.25, 0.3) is 98.8 Å². The zero-order valence-corrected chi connectivity index (χ0v) is 30.6. The van der Waals surface area contributed by atoms with E-state index in [1.54, 1.807) is 0 Å². The summed E-state index contributed by atoms with van der Waals surface area (Å²) < 4.78 is 2.56. The zero-order chi connectivity index (χ0) is 36.6. The van der Waals surface area contributed by atoms with Crippen LogP contribution in [0, 0.1) is 0 Å². The van der Waals surface area contributed by atoms with Gasteiger partial charge in [0, 0.05) is 42.4 Å². The molecule has 0 radical (unpaired) electrons. The van der Waals surface area contributed by atoms with Gasteiger partial charge in [-0.15, -0.1) is 11.3 Å². The molecule has 10 aromatic rings. The number of nitrogens with zero attached hydrogens (tertiary/aromatic N) is 3. The molecule has 0 aliphatic carbocycles. The average Bonchev–Trinajstić information content (AvgIpc) is 3.66. The molecular formula is C51H33N3S. The number of fused-ring (bicyclic) bond motifs is 3. The van der Waals surface area contributed by atoms with Gasteiger partial charge < -0.3 is 0 Å². The SMILES string of the molecule is c1ccc(-c2ccc(-c3cc(-c4ccccc4)cc4c3sc3c(-c5ccc(-c6nc(-c7ccccc7)nc(-c7ccccc7)n6)cc5)cccc34)cc2)cc1. The van der Waals surface area contributed by atoms with Crippen molar-refractivity contribution in [3.8, 4) is 78.7 Å². The Balaban J connectivity index is 1.08. The summed E-state index contributed by atoms with van der Waals surface area (Å²) in [5.41, 5.74) is 12.5. The van der Waals surface area contributed by atoms with E-state index in [1.807, 2.05) is 72.0 Å². The quantitative estimate of drug-likeness (QED) is 0.165. The third kappa shape index (κ3) is 6.29. The van der Waals surface area contributed by atoms with E-state index in [2.05, 4.69) is 140 Å². The highest BCUT2D eigenvalue weighted by atomic mass is 32.1. The molecule has 0 bridgehead atoms. The largest absolute Gasteiger partial charge is 0.208 e. The van der Waals surface area contributed by atoms with Crippen LogP contribution in [0.15, 0.2) is 200 Å². The van der Waals surface area contributed by atoms with E-state index in [1.165, 1.54) is 59.1 Å². The lowest BCUT2D eigenvalue weighted by molar-refractivity contribution is 1.07. The Morgan fingerprint density at radius 3 is 1.16 bits per heavy atom. The second-order valence-corrected chi connectivity index (χ2v) is 14.6. The number of hydrogen-bond acceptors (Lipinski definition) is 4. The molecule has 10 rings (SSSR count). The maximum absolute atomic E-state index is 4.95. The topological polar surface area (TPSA) is 38.7 Å². The Hall–Kier alpha value is -7.01. The van der Waals surface area contributed by atoms with Crippen molar-refractivity contribution in [1.82, 2.24) is 15.0 Å². The summed E-state index contributed by atoms with van der Waals surface area (Å²) in [5, 5.41) is 2.54. The summed E-state index contributed by atoms with van der Waals surface area (Å²) in [5.74, 6) is 1.96. The molecule has 0 fully saturated rings. The lowest BCUT2D eigenvalue weighted by Gasteiger charge is -2.10. The molecule has 0 saturated carbocycles. The summed E-state index contributed by atoms with van der Waals surface area (Å²) in [4.78, 5) is 14.8. The number of thiophene rings is 1. The lowest BCUT2D eigenvalue weighted by atomic mass is 9.94. The average molecular weight is 720 g/mol. The Morgan fingerprint density at radius 1 is 0.255 bits per heavy atom. The fourth-order valence-electron chi connectivity index (χ4n) is 7.35. The van der Waals surface area contributed by atoms with E-state index in [9.17, 15) is 0 Å². The summed E-state index contributed by atoms with van der Waals surface area (Å²) in [7, 11) is 0. The zero-order valence-electron chi connectivity index (χ0n) is 29.8. The third-order valence-corrected chi connectivity index (χ3v) is 11.4. The Bertz CT molecular complexity index is 2870. The molecule has 0 amide bonds.